The van der Waals surface area contributed by atoms with Crippen LogP contribution in [0.4, 0.5) is 0 Å². The predicted molar refractivity (Wildman–Crippen MR) is 102 cm³/mol. The zero-order valence-corrected chi connectivity index (χ0v) is 16.2. The number of aromatic nitrogens is 2. The highest BCUT2D eigenvalue weighted by molar-refractivity contribution is 7.89. The number of nitrogens with zero attached hydrogens (tertiary/aromatic N) is 3. The van der Waals surface area contributed by atoms with Gasteiger partial charge in [-0.2, -0.15) is 9.40 Å². The Balaban J connectivity index is 1.66. The standard InChI is InChI=1S/C18H25N5O3S/c1-22-16(6-9-21-22)5-8-20-18(24)15-3-2-4-17(11-15)27(25,26)23-10-7-14(12-19)13-23/h2-4,6,9,11,14H,5,7-8,10,12-13,19H2,1H3,(H,20,24)/t14-/m0/s1. The van der Waals surface area contributed by atoms with E-state index < -0.39 is 10.0 Å². The SMILES string of the molecule is Cn1nccc1CCNC(=O)c1cccc(S(=O)(=O)N2CC[C@@H](CN)C2)c1. The maximum Gasteiger partial charge on any atom is 0.251 e. The summed E-state index contributed by atoms with van der Waals surface area (Å²) in [4.78, 5) is 12.5. The van der Waals surface area contributed by atoms with E-state index in [9.17, 15) is 13.2 Å². The van der Waals surface area contributed by atoms with Gasteiger partial charge < -0.3 is 11.1 Å². The van der Waals surface area contributed by atoms with Gasteiger partial charge in [0.1, 0.15) is 0 Å². The van der Waals surface area contributed by atoms with E-state index in [1.807, 2.05) is 13.1 Å². The third kappa shape index (κ3) is 4.37. The molecule has 1 aromatic carbocycles. The summed E-state index contributed by atoms with van der Waals surface area (Å²) in [5, 5.41) is 6.91. The Morgan fingerprint density at radius 3 is 2.85 bits per heavy atom. The molecule has 1 saturated heterocycles. The van der Waals surface area contributed by atoms with Gasteiger partial charge in [-0.05, 0) is 43.1 Å². The molecule has 0 unspecified atom stereocenters. The number of sulfonamides is 1. The van der Waals surface area contributed by atoms with Gasteiger partial charge in [0.25, 0.3) is 5.91 Å². The number of amides is 1. The second-order valence-electron chi connectivity index (χ2n) is 6.73. The summed E-state index contributed by atoms with van der Waals surface area (Å²) in [5.41, 5.74) is 6.99. The van der Waals surface area contributed by atoms with Crippen molar-refractivity contribution in [2.75, 3.05) is 26.2 Å². The number of carbonyl (C=O) groups excluding carboxylic acids is 1. The summed E-state index contributed by atoms with van der Waals surface area (Å²) >= 11 is 0. The van der Waals surface area contributed by atoms with E-state index in [1.165, 1.54) is 16.4 Å². The van der Waals surface area contributed by atoms with E-state index in [1.54, 1.807) is 23.0 Å². The first-order valence-electron chi connectivity index (χ1n) is 8.97. The van der Waals surface area contributed by atoms with Crippen molar-refractivity contribution in [2.24, 2.45) is 18.7 Å². The molecule has 146 valence electrons. The van der Waals surface area contributed by atoms with Crippen LogP contribution in [-0.2, 0) is 23.5 Å². The highest BCUT2D eigenvalue weighted by atomic mass is 32.2. The van der Waals surface area contributed by atoms with E-state index in [-0.39, 0.29) is 16.7 Å². The Kier molecular flexibility index (Phi) is 5.93. The first kappa shape index (κ1) is 19.5. The molecular weight excluding hydrogens is 366 g/mol. The number of hydrogen-bond donors (Lipinski definition) is 2. The van der Waals surface area contributed by atoms with Gasteiger partial charge in [0, 0.05) is 50.6 Å². The van der Waals surface area contributed by atoms with Crippen LogP contribution in [0.5, 0.6) is 0 Å². The first-order valence-corrected chi connectivity index (χ1v) is 10.4. The van der Waals surface area contributed by atoms with Gasteiger partial charge in [0.05, 0.1) is 4.90 Å². The lowest BCUT2D eigenvalue weighted by atomic mass is 10.1. The van der Waals surface area contributed by atoms with Crippen molar-refractivity contribution >= 4 is 15.9 Å². The second kappa shape index (κ2) is 8.20. The molecule has 1 aliphatic heterocycles. The Labute approximate surface area is 159 Å². The van der Waals surface area contributed by atoms with Crippen LogP contribution in [-0.4, -0.2) is 54.6 Å². The van der Waals surface area contributed by atoms with Crippen LogP contribution in [0.2, 0.25) is 0 Å². The summed E-state index contributed by atoms with van der Waals surface area (Å²) in [5.74, 6) is -0.103. The number of nitrogens with two attached hydrogens (primary N) is 1. The molecule has 1 aromatic heterocycles. The number of carbonyl (C=O) groups is 1. The van der Waals surface area contributed by atoms with E-state index in [2.05, 4.69) is 10.4 Å². The minimum absolute atomic E-state index is 0.138. The molecule has 2 aromatic rings. The van der Waals surface area contributed by atoms with Crippen LogP contribution in [0.15, 0.2) is 41.4 Å². The van der Waals surface area contributed by atoms with Crippen molar-refractivity contribution in [3.8, 4) is 0 Å². The molecule has 2 heterocycles. The lowest BCUT2D eigenvalue weighted by molar-refractivity contribution is 0.0953. The van der Waals surface area contributed by atoms with Crippen LogP contribution < -0.4 is 11.1 Å². The lowest BCUT2D eigenvalue weighted by Gasteiger charge is -2.17. The average molecular weight is 391 g/mol. The van der Waals surface area contributed by atoms with Gasteiger partial charge in [-0.15, -0.1) is 0 Å². The first-order chi connectivity index (χ1) is 12.9. The highest BCUT2D eigenvalue weighted by Crippen LogP contribution is 2.24. The molecule has 0 saturated carbocycles. The van der Waals surface area contributed by atoms with Gasteiger partial charge in [-0.25, -0.2) is 8.42 Å². The lowest BCUT2D eigenvalue weighted by Crippen LogP contribution is -2.30. The quantitative estimate of drug-likeness (QED) is 0.708. The number of nitrogens with one attached hydrogen (secondary N) is 1. The molecule has 0 radical (unpaired) electrons. The largest absolute Gasteiger partial charge is 0.352 e. The van der Waals surface area contributed by atoms with E-state index >= 15 is 0 Å². The van der Waals surface area contributed by atoms with Crippen LogP contribution in [0, 0.1) is 5.92 Å². The third-order valence-electron chi connectivity index (χ3n) is 4.91. The van der Waals surface area contributed by atoms with E-state index in [4.69, 9.17) is 5.73 Å². The van der Waals surface area contributed by atoms with Crippen molar-refractivity contribution in [3.05, 3.63) is 47.8 Å². The Hall–Kier alpha value is -2.23. The Morgan fingerprint density at radius 2 is 2.19 bits per heavy atom. The van der Waals surface area contributed by atoms with E-state index in [0.29, 0.717) is 38.2 Å². The normalized spacial score (nSPS) is 17.9. The monoisotopic (exact) mass is 391 g/mol. The summed E-state index contributed by atoms with van der Waals surface area (Å²) in [7, 11) is -1.77. The highest BCUT2D eigenvalue weighted by Gasteiger charge is 2.32. The number of aryl methyl sites for hydroxylation is 1. The molecule has 3 rings (SSSR count). The van der Waals surface area contributed by atoms with Crippen LogP contribution in [0.3, 0.4) is 0 Å². The van der Waals surface area contributed by atoms with Crippen LogP contribution >= 0.6 is 0 Å². The summed E-state index contributed by atoms with van der Waals surface area (Å²) < 4.78 is 28.8. The molecule has 8 nitrogen and oxygen atoms in total. The maximum absolute atomic E-state index is 12.8. The van der Waals surface area contributed by atoms with Gasteiger partial charge in [-0.3, -0.25) is 9.48 Å². The molecule has 27 heavy (non-hydrogen) atoms. The molecule has 9 heteroatoms. The smallest absolute Gasteiger partial charge is 0.251 e. The molecular formula is C18H25N5O3S. The fourth-order valence-corrected chi connectivity index (χ4v) is 4.78. The Bertz CT molecular complexity index is 909. The van der Waals surface area contributed by atoms with Gasteiger partial charge in [0.15, 0.2) is 0 Å². The Morgan fingerprint density at radius 1 is 1.37 bits per heavy atom. The number of hydrogen-bond acceptors (Lipinski definition) is 5. The zero-order chi connectivity index (χ0) is 19.4. The number of rotatable bonds is 7. The van der Waals surface area contributed by atoms with Gasteiger partial charge in [-0.1, -0.05) is 6.07 Å². The molecule has 0 spiro atoms. The van der Waals surface area contributed by atoms with Crippen molar-refractivity contribution in [1.82, 2.24) is 19.4 Å². The van der Waals surface area contributed by atoms with E-state index in [0.717, 1.165) is 12.1 Å². The van der Waals surface area contributed by atoms with Gasteiger partial charge in [0.2, 0.25) is 10.0 Å². The molecule has 1 fully saturated rings. The summed E-state index contributed by atoms with van der Waals surface area (Å²) in [6.07, 6.45) is 3.12. The third-order valence-corrected chi connectivity index (χ3v) is 6.77. The fourth-order valence-electron chi connectivity index (χ4n) is 3.21. The maximum atomic E-state index is 12.8. The van der Waals surface area contributed by atoms with Gasteiger partial charge >= 0.3 is 0 Å². The second-order valence-corrected chi connectivity index (χ2v) is 8.67. The molecule has 1 amide bonds. The molecule has 0 bridgehead atoms. The zero-order valence-electron chi connectivity index (χ0n) is 15.3. The minimum Gasteiger partial charge on any atom is -0.352 e. The molecule has 3 N–H and O–H groups in total. The predicted octanol–water partition coefficient (Wildman–Crippen LogP) is 0.362. The topological polar surface area (TPSA) is 110 Å². The molecule has 0 aliphatic carbocycles. The minimum atomic E-state index is -3.61. The van der Waals surface area contributed by atoms with Crippen LogP contribution in [0.25, 0.3) is 0 Å². The average Bonchev–Trinajstić information content (AvgIpc) is 3.31. The summed E-state index contributed by atoms with van der Waals surface area (Å²) in [6.45, 7) is 1.82. The summed E-state index contributed by atoms with van der Waals surface area (Å²) in [6, 6.07) is 8.07. The fraction of sp³-hybridized carbons (Fsp3) is 0.444. The van der Waals surface area contributed by atoms with Crippen LogP contribution in [0.1, 0.15) is 22.5 Å². The molecule has 1 aliphatic rings. The van der Waals surface area contributed by atoms with Crippen molar-refractivity contribution in [3.63, 3.8) is 0 Å². The van der Waals surface area contributed by atoms with Crippen molar-refractivity contribution in [2.45, 2.75) is 17.7 Å². The molecule has 1 atom stereocenters. The van der Waals surface area contributed by atoms with Crippen molar-refractivity contribution in [1.29, 1.82) is 0 Å². The number of benzene rings is 1. The van der Waals surface area contributed by atoms with Crippen molar-refractivity contribution < 1.29 is 13.2 Å².